The average molecular weight is 444 g/mol. The van der Waals surface area contributed by atoms with Crippen molar-refractivity contribution >= 4 is 23.3 Å². The van der Waals surface area contributed by atoms with Gasteiger partial charge in [-0.05, 0) is 54.4 Å². The Morgan fingerprint density at radius 2 is 1.94 bits per heavy atom. The van der Waals surface area contributed by atoms with Crippen LogP contribution in [0.5, 0.6) is 5.75 Å². The van der Waals surface area contributed by atoms with Gasteiger partial charge in [-0.3, -0.25) is 0 Å². The SMILES string of the molecule is COC(=O)c1cccc2c1CCN2Cc1cc(Cl)ccc1OCc1ccc(F)cc1F. The minimum absolute atomic E-state index is 0.0379. The second-order valence-corrected chi connectivity index (χ2v) is 7.68. The summed E-state index contributed by atoms with van der Waals surface area (Å²) in [5.74, 6) is -1.08. The van der Waals surface area contributed by atoms with E-state index in [4.69, 9.17) is 21.1 Å². The van der Waals surface area contributed by atoms with Crippen molar-refractivity contribution in [3.05, 3.63) is 93.5 Å². The molecule has 0 spiro atoms. The lowest BCUT2D eigenvalue weighted by Gasteiger charge is -2.22. The van der Waals surface area contributed by atoms with Gasteiger partial charge in [0.05, 0.1) is 12.7 Å². The number of rotatable bonds is 6. The average Bonchev–Trinajstić information content (AvgIpc) is 3.16. The number of methoxy groups -OCH3 is 1. The number of nitrogens with zero attached hydrogens (tertiary/aromatic N) is 1. The minimum atomic E-state index is -0.653. The van der Waals surface area contributed by atoms with Gasteiger partial charge in [-0.15, -0.1) is 0 Å². The number of esters is 1. The van der Waals surface area contributed by atoms with Crippen molar-refractivity contribution in [2.24, 2.45) is 0 Å². The highest BCUT2D eigenvalue weighted by Crippen LogP contribution is 2.34. The molecule has 7 heteroatoms. The van der Waals surface area contributed by atoms with E-state index >= 15 is 0 Å². The minimum Gasteiger partial charge on any atom is -0.488 e. The predicted molar refractivity (Wildman–Crippen MR) is 115 cm³/mol. The molecular weight excluding hydrogens is 424 g/mol. The molecule has 4 rings (SSSR count). The molecule has 3 aromatic rings. The van der Waals surface area contributed by atoms with Crippen molar-refractivity contribution in [2.75, 3.05) is 18.6 Å². The Bertz CT molecular complexity index is 1140. The first kappa shape index (κ1) is 21.1. The highest BCUT2D eigenvalue weighted by atomic mass is 35.5. The van der Waals surface area contributed by atoms with Crippen LogP contribution in [0, 0.1) is 11.6 Å². The van der Waals surface area contributed by atoms with Crippen LogP contribution in [-0.2, 0) is 24.3 Å². The van der Waals surface area contributed by atoms with E-state index in [0.717, 1.165) is 35.8 Å². The van der Waals surface area contributed by atoms with E-state index in [9.17, 15) is 13.6 Å². The molecule has 0 saturated heterocycles. The Hall–Kier alpha value is -3.12. The summed E-state index contributed by atoms with van der Waals surface area (Å²) in [5, 5.41) is 0.554. The molecule has 1 aliphatic rings. The standard InChI is InChI=1S/C24H20ClF2NO3/c1-30-24(29)20-3-2-4-22-19(20)9-10-28(22)13-16-11-17(25)6-8-23(16)31-14-15-5-7-18(26)12-21(15)27/h2-8,11-12H,9-10,13-14H2,1H3. The lowest BCUT2D eigenvalue weighted by Crippen LogP contribution is -2.20. The van der Waals surface area contributed by atoms with E-state index in [0.29, 0.717) is 22.9 Å². The smallest absolute Gasteiger partial charge is 0.338 e. The second-order valence-electron chi connectivity index (χ2n) is 7.24. The molecular formula is C24H20ClF2NO3. The zero-order chi connectivity index (χ0) is 22.0. The molecule has 0 atom stereocenters. The molecule has 0 N–H and O–H groups in total. The number of anilines is 1. The van der Waals surface area contributed by atoms with Gasteiger partial charge in [0.15, 0.2) is 0 Å². The van der Waals surface area contributed by atoms with E-state index in [1.54, 1.807) is 24.3 Å². The third kappa shape index (κ3) is 4.49. The predicted octanol–water partition coefficient (Wildman–Crippen LogP) is 5.55. The van der Waals surface area contributed by atoms with E-state index in [1.165, 1.54) is 19.2 Å². The Morgan fingerprint density at radius 3 is 2.71 bits per heavy atom. The van der Waals surface area contributed by atoms with Crippen molar-refractivity contribution in [3.8, 4) is 5.75 Å². The lowest BCUT2D eigenvalue weighted by atomic mass is 10.1. The van der Waals surface area contributed by atoms with E-state index in [2.05, 4.69) is 4.90 Å². The third-order valence-electron chi connectivity index (χ3n) is 5.31. The van der Waals surface area contributed by atoms with Crippen LogP contribution in [0.3, 0.4) is 0 Å². The first-order chi connectivity index (χ1) is 15.0. The summed E-state index contributed by atoms with van der Waals surface area (Å²) in [5.41, 5.74) is 3.56. The number of fused-ring (bicyclic) bond motifs is 1. The zero-order valence-corrected chi connectivity index (χ0v) is 17.6. The monoisotopic (exact) mass is 443 g/mol. The maximum Gasteiger partial charge on any atom is 0.338 e. The van der Waals surface area contributed by atoms with Gasteiger partial charge in [0.25, 0.3) is 0 Å². The molecule has 3 aromatic carbocycles. The fourth-order valence-corrected chi connectivity index (χ4v) is 3.97. The van der Waals surface area contributed by atoms with Gasteiger partial charge >= 0.3 is 5.97 Å². The van der Waals surface area contributed by atoms with Crippen LogP contribution in [0.25, 0.3) is 0 Å². The largest absolute Gasteiger partial charge is 0.488 e. The number of benzene rings is 3. The molecule has 0 aromatic heterocycles. The molecule has 31 heavy (non-hydrogen) atoms. The quantitative estimate of drug-likeness (QED) is 0.468. The van der Waals surface area contributed by atoms with Gasteiger partial charge in [0.2, 0.25) is 0 Å². The molecule has 0 aliphatic carbocycles. The number of ether oxygens (including phenoxy) is 2. The van der Waals surface area contributed by atoms with Crippen LogP contribution >= 0.6 is 11.6 Å². The van der Waals surface area contributed by atoms with E-state index in [-0.39, 0.29) is 18.1 Å². The third-order valence-corrected chi connectivity index (χ3v) is 5.55. The Morgan fingerprint density at radius 1 is 1.10 bits per heavy atom. The van der Waals surface area contributed by atoms with Gasteiger partial charge in [0, 0.05) is 41.0 Å². The summed E-state index contributed by atoms with van der Waals surface area (Å²) in [6.07, 6.45) is 0.720. The van der Waals surface area contributed by atoms with E-state index in [1.807, 2.05) is 12.1 Å². The maximum atomic E-state index is 14.0. The fraction of sp³-hybridized carbons (Fsp3) is 0.208. The molecule has 1 heterocycles. The molecule has 4 nitrogen and oxygen atoms in total. The molecule has 0 fully saturated rings. The van der Waals surface area contributed by atoms with Crippen LogP contribution in [0.4, 0.5) is 14.5 Å². The fourth-order valence-electron chi connectivity index (χ4n) is 3.78. The Kier molecular flexibility index (Phi) is 6.09. The summed E-state index contributed by atoms with van der Waals surface area (Å²) >= 11 is 6.21. The van der Waals surface area contributed by atoms with E-state index < -0.39 is 11.6 Å². The van der Waals surface area contributed by atoms with Gasteiger partial charge in [-0.2, -0.15) is 0 Å². The molecule has 0 saturated carbocycles. The summed E-state index contributed by atoms with van der Waals surface area (Å²) in [6.45, 7) is 1.19. The normalized spacial score (nSPS) is 12.6. The van der Waals surface area contributed by atoms with Crippen molar-refractivity contribution in [3.63, 3.8) is 0 Å². The van der Waals surface area contributed by atoms with Crippen LogP contribution in [0.2, 0.25) is 5.02 Å². The van der Waals surface area contributed by atoms with Gasteiger partial charge in [0.1, 0.15) is 24.0 Å². The number of carbonyl (C=O) groups is 1. The summed E-state index contributed by atoms with van der Waals surface area (Å²) in [6, 6.07) is 14.2. The van der Waals surface area contributed by atoms with Crippen LogP contribution in [0.1, 0.15) is 27.0 Å². The van der Waals surface area contributed by atoms with Crippen molar-refractivity contribution < 1.29 is 23.0 Å². The summed E-state index contributed by atoms with van der Waals surface area (Å²) in [7, 11) is 1.37. The summed E-state index contributed by atoms with van der Waals surface area (Å²) < 4.78 is 37.8. The number of hydrogen-bond donors (Lipinski definition) is 0. The second kappa shape index (κ2) is 8.94. The molecule has 0 radical (unpaired) electrons. The van der Waals surface area contributed by atoms with Crippen LogP contribution in [-0.4, -0.2) is 19.6 Å². The van der Waals surface area contributed by atoms with Crippen molar-refractivity contribution in [1.82, 2.24) is 0 Å². The van der Waals surface area contributed by atoms with Gasteiger partial charge in [-0.1, -0.05) is 17.7 Å². The topological polar surface area (TPSA) is 38.8 Å². The van der Waals surface area contributed by atoms with Gasteiger partial charge in [-0.25, -0.2) is 13.6 Å². The summed E-state index contributed by atoms with van der Waals surface area (Å²) in [4.78, 5) is 14.2. The zero-order valence-electron chi connectivity index (χ0n) is 16.8. The van der Waals surface area contributed by atoms with Gasteiger partial charge < -0.3 is 14.4 Å². The number of halogens is 3. The molecule has 0 unspecified atom stereocenters. The molecule has 0 amide bonds. The van der Waals surface area contributed by atoms with Crippen LogP contribution < -0.4 is 9.64 Å². The molecule has 1 aliphatic heterocycles. The first-order valence-electron chi connectivity index (χ1n) is 9.76. The number of hydrogen-bond acceptors (Lipinski definition) is 4. The Labute approximate surface area is 184 Å². The van der Waals surface area contributed by atoms with Crippen molar-refractivity contribution in [2.45, 2.75) is 19.6 Å². The number of carbonyl (C=O) groups excluding carboxylic acids is 1. The highest BCUT2D eigenvalue weighted by molar-refractivity contribution is 6.30. The Balaban J connectivity index is 1.56. The maximum absolute atomic E-state index is 14.0. The first-order valence-corrected chi connectivity index (χ1v) is 10.1. The molecule has 0 bridgehead atoms. The van der Waals surface area contributed by atoms with Crippen molar-refractivity contribution in [1.29, 1.82) is 0 Å². The molecule has 160 valence electrons. The lowest BCUT2D eigenvalue weighted by molar-refractivity contribution is 0.0599. The highest BCUT2D eigenvalue weighted by Gasteiger charge is 2.25. The van der Waals surface area contributed by atoms with Crippen LogP contribution in [0.15, 0.2) is 54.6 Å².